The minimum Gasteiger partial charge on any atom is -0.394 e. The number of benzene rings is 2. The van der Waals surface area contributed by atoms with Crippen molar-refractivity contribution in [2.45, 2.75) is 56.9 Å². The maximum Gasteiger partial charge on any atom is 0.217 e. The predicted octanol–water partition coefficient (Wildman–Crippen LogP) is 0.732. The third-order valence-corrected chi connectivity index (χ3v) is 5.11. The second-order valence-corrected chi connectivity index (χ2v) is 7.49. The highest BCUT2D eigenvalue weighted by Crippen LogP contribution is 2.29. The number of aliphatic hydroxyl groups excluding tert-OH is 3. The molecule has 0 spiro atoms. The molecule has 2 aromatic rings. The summed E-state index contributed by atoms with van der Waals surface area (Å²) in [5, 5.41) is 33.0. The molecule has 2 aromatic carbocycles. The summed E-state index contributed by atoms with van der Waals surface area (Å²) in [7, 11) is 0. The summed E-state index contributed by atoms with van der Waals surface area (Å²) in [6, 6.07) is 17.9. The minimum absolute atomic E-state index is 0.192. The van der Waals surface area contributed by atoms with Gasteiger partial charge >= 0.3 is 0 Å². The standard InChI is InChI=1S/C23H29NO7/c1-15(26)24-19-21(29-13-16-8-4-2-5-9-16)22(20(18(27)12-25)31-23(19)28)30-14-17-10-6-3-7-11-17/h2-11,18-23,25,27-28H,12-14H2,1H3,(H,24,26)/t18-,19+,20+,21+,22+,23+/m0/s1. The highest BCUT2D eigenvalue weighted by Gasteiger charge is 2.49. The van der Waals surface area contributed by atoms with Crippen LogP contribution in [0.15, 0.2) is 60.7 Å². The second kappa shape index (κ2) is 11.3. The molecule has 1 fully saturated rings. The number of carbonyl (C=O) groups excluding carboxylic acids is 1. The molecule has 4 N–H and O–H groups in total. The van der Waals surface area contributed by atoms with Crippen LogP contribution in [-0.4, -0.2) is 64.6 Å². The van der Waals surface area contributed by atoms with Gasteiger partial charge in [-0.1, -0.05) is 60.7 Å². The fraction of sp³-hybridized carbons (Fsp3) is 0.435. The Bertz CT molecular complexity index is 804. The Morgan fingerprint density at radius 2 is 1.52 bits per heavy atom. The first-order valence-electron chi connectivity index (χ1n) is 10.2. The van der Waals surface area contributed by atoms with Crippen LogP contribution in [0.2, 0.25) is 0 Å². The van der Waals surface area contributed by atoms with Gasteiger partial charge in [-0.2, -0.15) is 0 Å². The van der Waals surface area contributed by atoms with E-state index in [1.54, 1.807) is 0 Å². The Morgan fingerprint density at radius 1 is 1.00 bits per heavy atom. The van der Waals surface area contributed by atoms with Crippen LogP contribution in [0, 0.1) is 0 Å². The Morgan fingerprint density at radius 3 is 2.00 bits per heavy atom. The SMILES string of the molecule is CC(=O)N[C@@H]1[C@@H](OCc2ccccc2)[C@H](OCc2ccccc2)[C@@H]([C@@H](O)CO)O[C@H]1O. The Labute approximate surface area is 181 Å². The largest absolute Gasteiger partial charge is 0.394 e. The van der Waals surface area contributed by atoms with Gasteiger partial charge in [0, 0.05) is 6.92 Å². The van der Waals surface area contributed by atoms with Crippen LogP contribution in [-0.2, 0) is 32.2 Å². The molecule has 0 aromatic heterocycles. The molecule has 3 rings (SSSR count). The van der Waals surface area contributed by atoms with Crippen molar-refractivity contribution in [1.29, 1.82) is 0 Å². The van der Waals surface area contributed by atoms with Gasteiger partial charge in [-0.15, -0.1) is 0 Å². The maximum absolute atomic E-state index is 11.8. The van der Waals surface area contributed by atoms with Gasteiger partial charge < -0.3 is 34.8 Å². The van der Waals surface area contributed by atoms with E-state index < -0.39 is 43.4 Å². The molecule has 0 radical (unpaired) electrons. The molecule has 0 aliphatic carbocycles. The highest BCUT2D eigenvalue weighted by molar-refractivity contribution is 5.73. The smallest absolute Gasteiger partial charge is 0.217 e. The summed E-state index contributed by atoms with van der Waals surface area (Å²) < 4.78 is 17.8. The molecule has 1 saturated heterocycles. The number of carbonyl (C=O) groups is 1. The quantitative estimate of drug-likeness (QED) is 0.462. The number of nitrogens with one attached hydrogen (secondary N) is 1. The number of amides is 1. The summed E-state index contributed by atoms with van der Waals surface area (Å²) >= 11 is 0. The fourth-order valence-corrected chi connectivity index (χ4v) is 3.60. The molecule has 0 bridgehead atoms. The van der Waals surface area contributed by atoms with E-state index in [4.69, 9.17) is 14.2 Å². The first-order valence-corrected chi connectivity index (χ1v) is 10.2. The topological polar surface area (TPSA) is 117 Å². The number of ether oxygens (including phenoxy) is 3. The first-order chi connectivity index (χ1) is 15.0. The second-order valence-electron chi connectivity index (χ2n) is 7.49. The number of rotatable bonds is 9. The van der Waals surface area contributed by atoms with Crippen LogP contribution in [0.3, 0.4) is 0 Å². The van der Waals surface area contributed by atoms with Crippen molar-refractivity contribution in [3.63, 3.8) is 0 Å². The molecule has 1 aliphatic rings. The predicted molar refractivity (Wildman–Crippen MR) is 112 cm³/mol. The van der Waals surface area contributed by atoms with E-state index in [0.717, 1.165) is 11.1 Å². The van der Waals surface area contributed by atoms with E-state index in [1.165, 1.54) is 6.92 Å². The fourth-order valence-electron chi connectivity index (χ4n) is 3.60. The summed E-state index contributed by atoms with van der Waals surface area (Å²) in [5.74, 6) is -0.371. The number of hydrogen-bond donors (Lipinski definition) is 4. The van der Waals surface area contributed by atoms with Crippen LogP contribution in [0.4, 0.5) is 0 Å². The molecule has 1 aliphatic heterocycles. The van der Waals surface area contributed by atoms with Crippen LogP contribution >= 0.6 is 0 Å². The van der Waals surface area contributed by atoms with Crippen molar-refractivity contribution in [3.8, 4) is 0 Å². The summed E-state index contributed by atoms with van der Waals surface area (Å²) in [4.78, 5) is 11.8. The van der Waals surface area contributed by atoms with E-state index in [9.17, 15) is 20.1 Å². The molecule has 8 heteroatoms. The van der Waals surface area contributed by atoms with Gasteiger partial charge in [0.25, 0.3) is 0 Å². The van der Waals surface area contributed by atoms with Gasteiger partial charge in [-0.05, 0) is 11.1 Å². The first kappa shape index (κ1) is 23.3. The lowest BCUT2D eigenvalue weighted by Crippen LogP contribution is -2.67. The highest BCUT2D eigenvalue weighted by atomic mass is 16.6. The average Bonchev–Trinajstić information content (AvgIpc) is 2.79. The summed E-state index contributed by atoms with van der Waals surface area (Å²) in [6.45, 7) is 1.13. The van der Waals surface area contributed by atoms with Gasteiger partial charge in [0.05, 0.1) is 19.8 Å². The third-order valence-electron chi connectivity index (χ3n) is 5.11. The normalized spacial score (nSPS) is 26.9. The van der Waals surface area contributed by atoms with Crippen molar-refractivity contribution in [2.24, 2.45) is 0 Å². The zero-order valence-corrected chi connectivity index (χ0v) is 17.3. The van der Waals surface area contributed by atoms with E-state index in [2.05, 4.69) is 5.32 Å². The Balaban J connectivity index is 1.86. The zero-order chi connectivity index (χ0) is 22.2. The van der Waals surface area contributed by atoms with Crippen molar-refractivity contribution < 1.29 is 34.3 Å². The Hall–Kier alpha value is -2.33. The van der Waals surface area contributed by atoms with Crippen LogP contribution in [0.5, 0.6) is 0 Å². The van der Waals surface area contributed by atoms with Gasteiger partial charge in [0.15, 0.2) is 6.29 Å². The lowest BCUT2D eigenvalue weighted by molar-refractivity contribution is -0.288. The molecular formula is C23H29NO7. The van der Waals surface area contributed by atoms with Crippen LogP contribution in [0.25, 0.3) is 0 Å². The van der Waals surface area contributed by atoms with Crippen molar-refractivity contribution in [1.82, 2.24) is 5.32 Å². The average molecular weight is 431 g/mol. The molecule has 1 heterocycles. The molecule has 31 heavy (non-hydrogen) atoms. The van der Waals surface area contributed by atoms with Crippen LogP contribution in [0.1, 0.15) is 18.1 Å². The molecular weight excluding hydrogens is 402 g/mol. The third kappa shape index (κ3) is 6.33. The molecule has 8 nitrogen and oxygen atoms in total. The Kier molecular flexibility index (Phi) is 8.53. The minimum atomic E-state index is -1.45. The zero-order valence-electron chi connectivity index (χ0n) is 17.3. The monoisotopic (exact) mass is 431 g/mol. The molecule has 1 amide bonds. The molecule has 0 saturated carbocycles. The van der Waals surface area contributed by atoms with E-state index in [1.807, 2.05) is 60.7 Å². The van der Waals surface area contributed by atoms with Crippen molar-refractivity contribution >= 4 is 5.91 Å². The van der Waals surface area contributed by atoms with E-state index in [0.29, 0.717) is 0 Å². The lowest BCUT2D eigenvalue weighted by atomic mass is 9.93. The summed E-state index contributed by atoms with van der Waals surface area (Å²) in [6.07, 6.45) is -5.53. The molecule has 168 valence electrons. The molecule has 0 unspecified atom stereocenters. The van der Waals surface area contributed by atoms with Gasteiger partial charge in [-0.3, -0.25) is 4.79 Å². The van der Waals surface area contributed by atoms with E-state index >= 15 is 0 Å². The molecule has 6 atom stereocenters. The van der Waals surface area contributed by atoms with Gasteiger partial charge in [0.1, 0.15) is 30.5 Å². The van der Waals surface area contributed by atoms with Crippen molar-refractivity contribution in [3.05, 3.63) is 71.8 Å². The number of aliphatic hydroxyl groups is 3. The van der Waals surface area contributed by atoms with Gasteiger partial charge in [0.2, 0.25) is 5.91 Å². The maximum atomic E-state index is 11.8. The van der Waals surface area contributed by atoms with Gasteiger partial charge in [-0.25, -0.2) is 0 Å². The lowest BCUT2D eigenvalue weighted by Gasteiger charge is -2.46. The van der Waals surface area contributed by atoms with Crippen LogP contribution < -0.4 is 5.32 Å². The van der Waals surface area contributed by atoms with E-state index in [-0.39, 0.29) is 19.1 Å². The summed E-state index contributed by atoms with van der Waals surface area (Å²) in [5.41, 5.74) is 1.79. The van der Waals surface area contributed by atoms with Crippen molar-refractivity contribution in [2.75, 3.05) is 6.61 Å². The number of hydrogen-bond acceptors (Lipinski definition) is 7.